The zero-order valence-electron chi connectivity index (χ0n) is 6.91. The molecule has 62 valence electrons. The van der Waals surface area contributed by atoms with Crippen LogP contribution in [-0.4, -0.2) is 29.0 Å². The zero-order valence-corrected chi connectivity index (χ0v) is 7.73. The Morgan fingerprint density at radius 2 is 2.27 bits per heavy atom. The van der Waals surface area contributed by atoms with E-state index in [1.54, 1.807) is 0 Å². The second-order valence-electron chi connectivity index (χ2n) is 3.34. The van der Waals surface area contributed by atoms with Crippen LogP contribution in [0, 0.1) is 0 Å². The van der Waals surface area contributed by atoms with Gasteiger partial charge in [0.2, 0.25) is 0 Å². The van der Waals surface area contributed by atoms with Crippen LogP contribution in [-0.2, 0) is 4.74 Å². The fourth-order valence-electron chi connectivity index (χ4n) is 1.56. The molecule has 0 radical (unpaired) electrons. The average molecular weight is 171 g/mol. The van der Waals surface area contributed by atoms with E-state index in [1.807, 2.05) is 11.8 Å². The molecular weight excluding hydrogens is 158 g/mol. The minimum atomic E-state index is 0.272. The van der Waals surface area contributed by atoms with Gasteiger partial charge in [-0.25, -0.2) is 0 Å². The second-order valence-corrected chi connectivity index (χ2v) is 4.61. The Labute approximate surface area is 71.6 Å². The molecule has 1 spiro atoms. The predicted molar refractivity (Wildman–Crippen MR) is 47.3 cm³/mol. The van der Waals surface area contributed by atoms with Crippen molar-refractivity contribution in [3.05, 3.63) is 11.6 Å². The minimum Gasteiger partial charge on any atom is -0.375 e. The third-order valence-corrected chi connectivity index (χ3v) is 3.33. The predicted octanol–water partition coefficient (Wildman–Crippen LogP) is 1.64. The summed E-state index contributed by atoms with van der Waals surface area (Å²) in [5.74, 6) is 0. The molecule has 2 aliphatic rings. The van der Waals surface area contributed by atoms with Crippen LogP contribution < -0.4 is 0 Å². The zero-order chi connectivity index (χ0) is 7.90. The molecule has 0 amide bonds. The Kier molecular flexibility index (Phi) is 1.65. The summed E-state index contributed by atoms with van der Waals surface area (Å²) in [5, 5.41) is 2.17. The lowest BCUT2D eigenvalue weighted by Gasteiger charge is -2.46. The van der Waals surface area contributed by atoms with E-state index in [9.17, 15) is 0 Å². The summed E-state index contributed by atoms with van der Waals surface area (Å²) in [6.07, 6.45) is 2.18. The lowest BCUT2D eigenvalue weighted by molar-refractivity contribution is -0.0759. The summed E-state index contributed by atoms with van der Waals surface area (Å²) in [5.41, 5.74) is 0. The van der Waals surface area contributed by atoms with Crippen molar-refractivity contribution in [3.63, 3.8) is 0 Å². The number of hydrogen-bond acceptors (Lipinski definition) is 3. The molecule has 0 aliphatic carbocycles. The molecule has 0 saturated carbocycles. The first-order valence-corrected chi connectivity index (χ1v) is 4.83. The van der Waals surface area contributed by atoms with Crippen LogP contribution in [0.4, 0.5) is 0 Å². The smallest absolute Gasteiger partial charge is 0.137 e. The highest BCUT2D eigenvalue weighted by Gasteiger charge is 2.46. The molecule has 3 heteroatoms. The maximum Gasteiger partial charge on any atom is 0.137 e. The molecule has 2 nitrogen and oxygen atoms in total. The van der Waals surface area contributed by atoms with Crippen molar-refractivity contribution in [1.29, 1.82) is 0 Å². The second kappa shape index (κ2) is 2.42. The Morgan fingerprint density at radius 1 is 1.55 bits per heavy atom. The van der Waals surface area contributed by atoms with Crippen LogP contribution in [0.2, 0.25) is 0 Å². The third kappa shape index (κ3) is 0.983. The standard InChI is InChI=1S/C8H13NOS/c1-7(2)9-3-4-11-8(9)5-10-6-8/h3-4,7H,5-6H2,1-2H3. The van der Waals surface area contributed by atoms with Gasteiger partial charge in [0.25, 0.3) is 0 Å². The third-order valence-electron chi connectivity index (χ3n) is 2.19. The van der Waals surface area contributed by atoms with E-state index in [-0.39, 0.29) is 4.87 Å². The first-order valence-electron chi connectivity index (χ1n) is 3.95. The molecule has 0 atom stereocenters. The maximum absolute atomic E-state index is 5.24. The van der Waals surface area contributed by atoms with Crippen LogP contribution >= 0.6 is 11.8 Å². The number of thioether (sulfide) groups is 1. The van der Waals surface area contributed by atoms with Gasteiger partial charge in [0, 0.05) is 12.2 Å². The summed E-state index contributed by atoms with van der Waals surface area (Å²) in [6, 6.07) is 0.588. The number of ether oxygens (including phenoxy) is 1. The molecule has 0 N–H and O–H groups in total. The van der Waals surface area contributed by atoms with Gasteiger partial charge in [-0.3, -0.25) is 0 Å². The molecule has 0 aromatic carbocycles. The highest BCUT2D eigenvalue weighted by molar-refractivity contribution is 8.03. The van der Waals surface area contributed by atoms with Crippen molar-refractivity contribution in [2.24, 2.45) is 0 Å². The molecule has 2 aliphatic heterocycles. The van der Waals surface area contributed by atoms with Crippen LogP contribution in [0.25, 0.3) is 0 Å². The molecule has 2 heterocycles. The van der Waals surface area contributed by atoms with Crippen molar-refractivity contribution < 1.29 is 4.74 Å². The van der Waals surface area contributed by atoms with Gasteiger partial charge in [-0.15, -0.1) is 0 Å². The Balaban J connectivity index is 2.12. The molecule has 2 rings (SSSR count). The highest BCUT2D eigenvalue weighted by atomic mass is 32.2. The number of nitrogens with zero attached hydrogens (tertiary/aromatic N) is 1. The molecule has 11 heavy (non-hydrogen) atoms. The molecular formula is C8H13NOS. The van der Waals surface area contributed by atoms with E-state index in [2.05, 4.69) is 30.4 Å². The number of rotatable bonds is 1. The molecule has 1 saturated heterocycles. The van der Waals surface area contributed by atoms with Gasteiger partial charge in [0.15, 0.2) is 0 Å². The SMILES string of the molecule is CC(C)N1C=CSC12COC2. The van der Waals surface area contributed by atoms with Crippen molar-refractivity contribution in [2.75, 3.05) is 13.2 Å². The Hall–Kier alpha value is -0.150. The quantitative estimate of drug-likeness (QED) is 0.595. The molecule has 0 bridgehead atoms. The van der Waals surface area contributed by atoms with E-state index < -0.39 is 0 Å². The van der Waals surface area contributed by atoms with Crippen LogP contribution in [0.1, 0.15) is 13.8 Å². The lowest BCUT2D eigenvalue weighted by atomic mass is 10.2. The summed E-state index contributed by atoms with van der Waals surface area (Å²) in [6.45, 7) is 6.19. The van der Waals surface area contributed by atoms with Crippen molar-refractivity contribution >= 4 is 11.8 Å². The van der Waals surface area contributed by atoms with Gasteiger partial charge in [0.05, 0.1) is 13.2 Å². The average Bonchev–Trinajstić information content (AvgIpc) is 2.27. The summed E-state index contributed by atoms with van der Waals surface area (Å²) < 4.78 is 5.24. The van der Waals surface area contributed by atoms with E-state index >= 15 is 0 Å². The van der Waals surface area contributed by atoms with E-state index in [0.29, 0.717) is 6.04 Å². The molecule has 1 fully saturated rings. The van der Waals surface area contributed by atoms with Gasteiger partial charge in [0.1, 0.15) is 4.87 Å². The monoisotopic (exact) mass is 171 g/mol. The van der Waals surface area contributed by atoms with Crippen molar-refractivity contribution in [1.82, 2.24) is 4.90 Å². The lowest BCUT2D eigenvalue weighted by Crippen LogP contribution is -2.57. The summed E-state index contributed by atoms with van der Waals surface area (Å²) >= 11 is 1.89. The fraction of sp³-hybridized carbons (Fsp3) is 0.750. The first kappa shape index (κ1) is 7.50. The minimum absolute atomic E-state index is 0.272. The van der Waals surface area contributed by atoms with Gasteiger partial charge in [-0.2, -0.15) is 0 Å². The van der Waals surface area contributed by atoms with Crippen molar-refractivity contribution in [2.45, 2.75) is 24.8 Å². The topological polar surface area (TPSA) is 12.5 Å². The summed E-state index contributed by atoms with van der Waals surface area (Å²) in [4.78, 5) is 2.66. The van der Waals surface area contributed by atoms with Gasteiger partial charge in [-0.1, -0.05) is 11.8 Å². The maximum atomic E-state index is 5.24. The van der Waals surface area contributed by atoms with Crippen LogP contribution in [0.15, 0.2) is 11.6 Å². The Bertz CT molecular complexity index is 187. The molecule has 0 aromatic heterocycles. The van der Waals surface area contributed by atoms with Gasteiger partial charge >= 0.3 is 0 Å². The van der Waals surface area contributed by atoms with Gasteiger partial charge in [-0.05, 0) is 19.3 Å². The molecule has 0 aromatic rings. The van der Waals surface area contributed by atoms with Crippen molar-refractivity contribution in [3.8, 4) is 0 Å². The van der Waals surface area contributed by atoms with E-state index in [4.69, 9.17) is 4.74 Å². The van der Waals surface area contributed by atoms with Crippen LogP contribution in [0.5, 0.6) is 0 Å². The fourth-order valence-corrected chi connectivity index (χ4v) is 2.70. The van der Waals surface area contributed by atoms with E-state index in [0.717, 1.165) is 13.2 Å². The van der Waals surface area contributed by atoms with E-state index in [1.165, 1.54) is 0 Å². The van der Waals surface area contributed by atoms with Gasteiger partial charge < -0.3 is 9.64 Å². The first-order chi connectivity index (χ1) is 5.25. The summed E-state index contributed by atoms with van der Waals surface area (Å²) in [7, 11) is 0. The normalized spacial score (nSPS) is 26.6. The number of hydrogen-bond donors (Lipinski definition) is 0. The Morgan fingerprint density at radius 3 is 2.64 bits per heavy atom. The molecule has 0 unspecified atom stereocenters. The van der Waals surface area contributed by atoms with Crippen LogP contribution in [0.3, 0.4) is 0 Å². The highest BCUT2D eigenvalue weighted by Crippen LogP contribution is 2.43. The largest absolute Gasteiger partial charge is 0.375 e.